The molecule has 0 aliphatic rings. The van der Waals surface area contributed by atoms with Crippen LogP contribution in [-0.2, 0) is 6.42 Å². The van der Waals surface area contributed by atoms with Crippen molar-refractivity contribution in [2.24, 2.45) is 5.73 Å². The number of aliphatic hydroxyl groups excluding tert-OH is 1. The highest BCUT2D eigenvalue weighted by Crippen LogP contribution is 2.33. The predicted molar refractivity (Wildman–Crippen MR) is 58.9 cm³/mol. The van der Waals surface area contributed by atoms with Crippen LogP contribution in [0, 0.1) is 0 Å². The van der Waals surface area contributed by atoms with Gasteiger partial charge in [0.05, 0.1) is 14.2 Å². The minimum atomic E-state index is -0.551. The molecular formula is C11H15NO4. The van der Waals surface area contributed by atoms with Gasteiger partial charge in [0.1, 0.15) is 0 Å². The van der Waals surface area contributed by atoms with E-state index in [9.17, 15) is 4.79 Å². The number of hydrogen-bond donors (Lipinski definition) is 2. The molecule has 0 fully saturated rings. The molecule has 3 N–H and O–H groups in total. The number of methoxy groups -OCH3 is 2. The molecule has 1 amide bonds. The van der Waals surface area contributed by atoms with Crippen molar-refractivity contribution < 1.29 is 19.4 Å². The van der Waals surface area contributed by atoms with Gasteiger partial charge in [-0.2, -0.15) is 0 Å². The smallest absolute Gasteiger partial charge is 0.249 e. The van der Waals surface area contributed by atoms with E-state index < -0.39 is 5.91 Å². The maximum atomic E-state index is 11.2. The third-order valence-electron chi connectivity index (χ3n) is 2.28. The van der Waals surface area contributed by atoms with Gasteiger partial charge < -0.3 is 20.3 Å². The van der Waals surface area contributed by atoms with Crippen molar-refractivity contribution in [2.45, 2.75) is 6.42 Å². The molecule has 0 radical (unpaired) electrons. The fraction of sp³-hybridized carbons (Fsp3) is 0.364. The zero-order chi connectivity index (χ0) is 12.1. The highest BCUT2D eigenvalue weighted by Gasteiger charge is 2.17. The Morgan fingerprint density at radius 1 is 1.38 bits per heavy atom. The van der Waals surface area contributed by atoms with E-state index in [4.69, 9.17) is 20.3 Å². The van der Waals surface area contributed by atoms with Crippen molar-refractivity contribution in [3.05, 3.63) is 23.3 Å². The molecule has 0 atom stereocenters. The molecule has 5 nitrogen and oxygen atoms in total. The number of benzene rings is 1. The Morgan fingerprint density at radius 2 is 2.06 bits per heavy atom. The lowest BCUT2D eigenvalue weighted by molar-refractivity contribution is 0.0998. The molecule has 88 valence electrons. The summed E-state index contributed by atoms with van der Waals surface area (Å²) in [5.41, 5.74) is 6.15. The fourth-order valence-corrected chi connectivity index (χ4v) is 1.58. The maximum Gasteiger partial charge on any atom is 0.249 e. The van der Waals surface area contributed by atoms with Gasteiger partial charge >= 0.3 is 0 Å². The van der Waals surface area contributed by atoms with E-state index in [0.717, 1.165) is 0 Å². The van der Waals surface area contributed by atoms with Gasteiger partial charge in [-0.25, -0.2) is 0 Å². The number of hydrogen-bond acceptors (Lipinski definition) is 4. The number of carbonyl (C=O) groups excluding carboxylic acids is 1. The van der Waals surface area contributed by atoms with E-state index >= 15 is 0 Å². The van der Waals surface area contributed by atoms with Crippen LogP contribution in [0.25, 0.3) is 0 Å². The largest absolute Gasteiger partial charge is 0.493 e. The second-order valence-corrected chi connectivity index (χ2v) is 3.17. The molecule has 16 heavy (non-hydrogen) atoms. The zero-order valence-corrected chi connectivity index (χ0v) is 9.32. The second-order valence-electron chi connectivity index (χ2n) is 3.17. The van der Waals surface area contributed by atoms with Crippen LogP contribution in [0.5, 0.6) is 11.5 Å². The average molecular weight is 225 g/mol. The summed E-state index contributed by atoms with van der Waals surface area (Å²) in [4.78, 5) is 11.2. The van der Waals surface area contributed by atoms with Crippen LogP contribution >= 0.6 is 0 Å². The zero-order valence-electron chi connectivity index (χ0n) is 9.32. The van der Waals surface area contributed by atoms with Crippen molar-refractivity contribution in [1.82, 2.24) is 0 Å². The molecule has 5 heteroatoms. The summed E-state index contributed by atoms with van der Waals surface area (Å²) in [6, 6.07) is 3.18. The van der Waals surface area contributed by atoms with Crippen molar-refractivity contribution >= 4 is 5.91 Å². The van der Waals surface area contributed by atoms with Crippen LogP contribution in [0.4, 0.5) is 0 Å². The van der Waals surface area contributed by atoms with Gasteiger partial charge in [0.15, 0.2) is 11.5 Å². The highest BCUT2D eigenvalue weighted by atomic mass is 16.5. The lowest BCUT2D eigenvalue weighted by Gasteiger charge is -2.14. The Bertz CT molecular complexity index is 390. The van der Waals surface area contributed by atoms with Gasteiger partial charge in [0.2, 0.25) is 5.91 Å². The average Bonchev–Trinajstić information content (AvgIpc) is 2.28. The number of nitrogens with two attached hydrogens (primary N) is 1. The summed E-state index contributed by atoms with van der Waals surface area (Å²) in [7, 11) is 2.98. The van der Waals surface area contributed by atoms with Gasteiger partial charge in [-0.3, -0.25) is 4.79 Å². The summed E-state index contributed by atoms with van der Waals surface area (Å²) >= 11 is 0. The Hall–Kier alpha value is -1.75. The quantitative estimate of drug-likeness (QED) is 0.757. The topological polar surface area (TPSA) is 81.8 Å². The number of ether oxygens (including phenoxy) is 2. The van der Waals surface area contributed by atoms with Crippen molar-refractivity contribution in [3.63, 3.8) is 0 Å². The number of rotatable bonds is 5. The first-order valence-corrected chi connectivity index (χ1v) is 4.80. The van der Waals surface area contributed by atoms with E-state index in [1.807, 2.05) is 0 Å². The van der Waals surface area contributed by atoms with Crippen LogP contribution in [0.3, 0.4) is 0 Å². The molecule has 0 saturated carbocycles. The van der Waals surface area contributed by atoms with Gasteiger partial charge in [0, 0.05) is 24.2 Å². The van der Waals surface area contributed by atoms with Gasteiger partial charge in [-0.15, -0.1) is 0 Å². The van der Waals surface area contributed by atoms with Gasteiger partial charge in [0.25, 0.3) is 0 Å². The first kappa shape index (κ1) is 12.3. The highest BCUT2D eigenvalue weighted by molar-refractivity contribution is 5.95. The van der Waals surface area contributed by atoms with Crippen LogP contribution < -0.4 is 15.2 Å². The number of carbonyl (C=O) groups is 1. The van der Waals surface area contributed by atoms with E-state index in [-0.39, 0.29) is 6.61 Å². The number of amides is 1. The third kappa shape index (κ3) is 2.25. The van der Waals surface area contributed by atoms with Crippen LogP contribution in [0.1, 0.15) is 15.9 Å². The van der Waals surface area contributed by atoms with Gasteiger partial charge in [-0.1, -0.05) is 0 Å². The van der Waals surface area contributed by atoms with E-state index in [1.165, 1.54) is 14.2 Å². The Kier molecular flexibility index (Phi) is 4.13. The number of aliphatic hydroxyl groups is 1. The molecule has 1 aromatic carbocycles. The first-order chi connectivity index (χ1) is 7.65. The maximum absolute atomic E-state index is 11.2. The molecule has 0 bridgehead atoms. The second kappa shape index (κ2) is 5.37. The van der Waals surface area contributed by atoms with E-state index in [0.29, 0.717) is 29.0 Å². The lowest BCUT2D eigenvalue weighted by Crippen LogP contribution is -2.15. The molecule has 0 spiro atoms. The Morgan fingerprint density at radius 3 is 2.50 bits per heavy atom. The lowest BCUT2D eigenvalue weighted by atomic mass is 10.0. The number of primary amides is 1. The normalized spacial score (nSPS) is 9.94. The molecule has 0 aliphatic heterocycles. The van der Waals surface area contributed by atoms with E-state index in [1.54, 1.807) is 12.1 Å². The van der Waals surface area contributed by atoms with Crippen molar-refractivity contribution in [3.8, 4) is 11.5 Å². The molecular weight excluding hydrogens is 210 g/mol. The van der Waals surface area contributed by atoms with Crippen LogP contribution in [0.2, 0.25) is 0 Å². The predicted octanol–water partition coefficient (Wildman–Crippen LogP) is 0.338. The monoisotopic (exact) mass is 225 g/mol. The Labute approximate surface area is 93.8 Å². The third-order valence-corrected chi connectivity index (χ3v) is 2.28. The summed E-state index contributed by atoms with van der Waals surface area (Å²) in [6.45, 7) is -0.0934. The summed E-state index contributed by atoms with van der Waals surface area (Å²) in [5, 5.41) is 8.96. The summed E-state index contributed by atoms with van der Waals surface area (Å²) < 4.78 is 10.3. The summed E-state index contributed by atoms with van der Waals surface area (Å²) in [6.07, 6.45) is 0.290. The molecule has 0 unspecified atom stereocenters. The van der Waals surface area contributed by atoms with Crippen molar-refractivity contribution in [2.75, 3.05) is 20.8 Å². The molecule has 0 heterocycles. The minimum absolute atomic E-state index is 0.0934. The molecule has 0 aromatic heterocycles. The standard InChI is InChI=1S/C11H15NO4/c1-15-9-4-3-8(11(12)14)7(5-6-13)10(9)16-2/h3-4,13H,5-6H2,1-2H3,(H2,12,14). The fourth-order valence-electron chi connectivity index (χ4n) is 1.58. The minimum Gasteiger partial charge on any atom is -0.493 e. The van der Waals surface area contributed by atoms with Gasteiger partial charge in [-0.05, 0) is 12.1 Å². The first-order valence-electron chi connectivity index (χ1n) is 4.80. The van der Waals surface area contributed by atoms with Crippen LogP contribution in [0.15, 0.2) is 12.1 Å². The summed E-state index contributed by atoms with van der Waals surface area (Å²) in [5.74, 6) is 0.396. The van der Waals surface area contributed by atoms with Crippen molar-refractivity contribution in [1.29, 1.82) is 0 Å². The molecule has 0 saturated heterocycles. The Balaban J connectivity index is 3.37. The molecule has 1 rings (SSSR count). The van der Waals surface area contributed by atoms with E-state index in [2.05, 4.69) is 0 Å². The van der Waals surface area contributed by atoms with Crippen LogP contribution in [-0.4, -0.2) is 31.8 Å². The SMILES string of the molecule is COc1ccc(C(N)=O)c(CCO)c1OC. The molecule has 0 aliphatic carbocycles. The molecule has 1 aromatic rings.